The molecule has 0 radical (unpaired) electrons. The highest BCUT2D eigenvalue weighted by Crippen LogP contribution is 2.49. The third kappa shape index (κ3) is 5.56. The summed E-state index contributed by atoms with van der Waals surface area (Å²) < 4.78 is 34.9. The molecule has 1 aromatic heterocycles. The zero-order valence-electron chi connectivity index (χ0n) is 23.0. The molecule has 9 nitrogen and oxygen atoms in total. The summed E-state index contributed by atoms with van der Waals surface area (Å²) in [6.45, 7) is 6.88. The molecule has 3 aromatic rings. The number of nitrogens with zero attached hydrogens (tertiary/aromatic N) is 4. The first-order valence-electron chi connectivity index (χ1n) is 13.8. The first kappa shape index (κ1) is 27.7. The Morgan fingerprint density at radius 1 is 1.20 bits per heavy atom. The molecule has 0 bridgehead atoms. The van der Waals surface area contributed by atoms with E-state index in [4.69, 9.17) is 25.8 Å². The second-order valence-electron chi connectivity index (χ2n) is 11.0. The first-order chi connectivity index (χ1) is 19.7. The van der Waals surface area contributed by atoms with E-state index in [0.29, 0.717) is 41.0 Å². The summed E-state index contributed by atoms with van der Waals surface area (Å²) >= 11 is 5.96. The van der Waals surface area contributed by atoms with E-state index < -0.39 is 17.6 Å². The van der Waals surface area contributed by atoms with Crippen molar-refractivity contribution in [2.24, 2.45) is 0 Å². The number of carboxylic acid groups (broad SMARTS) is 1. The Kier molecular flexibility index (Phi) is 7.48. The van der Waals surface area contributed by atoms with Crippen molar-refractivity contribution in [1.82, 2.24) is 19.7 Å². The highest BCUT2D eigenvalue weighted by Gasteiger charge is 2.43. The average molecular weight is 583 g/mol. The third-order valence-corrected chi connectivity index (χ3v) is 8.38. The summed E-state index contributed by atoms with van der Waals surface area (Å²) in [6, 6.07) is 10.4. The van der Waals surface area contributed by atoms with Gasteiger partial charge in [0.15, 0.2) is 17.3 Å². The Labute approximate surface area is 242 Å². The van der Waals surface area contributed by atoms with E-state index in [1.807, 2.05) is 16.7 Å². The summed E-state index contributed by atoms with van der Waals surface area (Å²) in [5.41, 5.74) is 1.56. The second-order valence-corrected chi connectivity index (χ2v) is 11.4. The minimum atomic E-state index is -1.28. The molecule has 1 N–H and O–H groups in total. The SMILES string of the molecule is C/C(=C\c1nnc(CN2CCC(c3cccc4c3OC(C)(c3ccc(Cl)cc3F)O4)CC2)n1C[C@@H]1CCO1)C(=O)O. The van der Waals surface area contributed by atoms with Crippen LogP contribution in [0.3, 0.4) is 0 Å². The Balaban J connectivity index is 1.15. The average Bonchev–Trinajstić information content (AvgIpc) is 3.46. The van der Waals surface area contributed by atoms with Crippen molar-refractivity contribution < 1.29 is 28.5 Å². The van der Waals surface area contributed by atoms with Crippen molar-refractivity contribution in [3.63, 3.8) is 0 Å². The van der Waals surface area contributed by atoms with E-state index in [2.05, 4.69) is 21.2 Å². The smallest absolute Gasteiger partial charge is 0.331 e. The molecular weight excluding hydrogens is 551 g/mol. The van der Waals surface area contributed by atoms with Gasteiger partial charge in [-0.1, -0.05) is 23.7 Å². The summed E-state index contributed by atoms with van der Waals surface area (Å²) in [5.74, 6) is 0.0926. The normalized spacial score (nSPS) is 23.0. The third-order valence-electron chi connectivity index (χ3n) is 8.14. The van der Waals surface area contributed by atoms with Crippen molar-refractivity contribution in [2.45, 2.75) is 64.0 Å². The van der Waals surface area contributed by atoms with Crippen molar-refractivity contribution in [1.29, 1.82) is 0 Å². The maximum absolute atomic E-state index is 14.8. The Bertz CT molecular complexity index is 1500. The van der Waals surface area contributed by atoms with E-state index in [0.717, 1.165) is 50.3 Å². The highest BCUT2D eigenvalue weighted by atomic mass is 35.5. The first-order valence-corrected chi connectivity index (χ1v) is 14.2. The van der Waals surface area contributed by atoms with Gasteiger partial charge in [0, 0.05) is 29.7 Å². The molecule has 0 aliphatic carbocycles. The number of halogens is 2. The Morgan fingerprint density at radius 2 is 1.98 bits per heavy atom. The molecule has 0 spiro atoms. The molecule has 11 heteroatoms. The lowest BCUT2D eigenvalue weighted by Gasteiger charge is -2.33. The monoisotopic (exact) mass is 582 g/mol. The number of benzene rings is 2. The molecule has 4 heterocycles. The van der Waals surface area contributed by atoms with E-state index in [1.165, 1.54) is 6.07 Å². The molecule has 0 saturated carbocycles. The fourth-order valence-corrected chi connectivity index (χ4v) is 5.86. The number of rotatable bonds is 8. The second kappa shape index (κ2) is 11.1. The van der Waals surface area contributed by atoms with Crippen LogP contribution in [0.5, 0.6) is 11.5 Å². The van der Waals surface area contributed by atoms with Crippen LogP contribution in [0.25, 0.3) is 6.08 Å². The molecule has 3 aliphatic rings. The number of hydrogen-bond donors (Lipinski definition) is 1. The van der Waals surface area contributed by atoms with E-state index >= 15 is 0 Å². The van der Waals surface area contributed by atoms with Crippen LogP contribution in [0.15, 0.2) is 42.0 Å². The number of aliphatic carboxylic acids is 1. The van der Waals surface area contributed by atoms with Gasteiger partial charge in [0.2, 0.25) is 0 Å². The van der Waals surface area contributed by atoms with Crippen LogP contribution in [0.4, 0.5) is 4.39 Å². The topological polar surface area (TPSA) is 98.9 Å². The number of piperidine rings is 1. The molecule has 3 aliphatic heterocycles. The molecule has 2 saturated heterocycles. The summed E-state index contributed by atoms with van der Waals surface area (Å²) in [7, 11) is 0. The molecule has 2 atom stereocenters. The van der Waals surface area contributed by atoms with Gasteiger partial charge in [0.05, 0.1) is 24.8 Å². The lowest BCUT2D eigenvalue weighted by Crippen LogP contribution is -2.35. The van der Waals surface area contributed by atoms with Crippen LogP contribution in [-0.2, 0) is 28.4 Å². The zero-order valence-corrected chi connectivity index (χ0v) is 23.7. The van der Waals surface area contributed by atoms with Crippen LogP contribution < -0.4 is 9.47 Å². The number of ether oxygens (including phenoxy) is 3. The number of aromatic nitrogens is 3. The minimum absolute atomic E-state index is 0.0854. The van der Waals surface area contributed by atoms with Gasteiger partial charge in [-0.15, -0.1) is 10.2 Å². The molecular formula is C30H32ClFN4O5. The summed E-state index contributed by atoms with van der Waals surface area (Å²) in [5, 5.41) is 18.4. The lowest BCUT2D eigenvalue weighted by molar-refractivity contribution is -0.132. The maximum Gasteiger partial charge on any atom is 0.331 e. The standard InChI is InChI=1S/C30H32ClFN4O5/c1-18(29(37)38)14-26-33-34-27(36(26)16-21-10-13-39-21)17-35-11-8-19(9-12-35)22-4-3-5-25-28(22)41-30(2,40-25)23-7-6-20(31)15-24(23)32/h3-7,14-15,19,21H,8-13,16-17H2,1-2H3,(H,37,38)/b18-14+/t21-,30?/m0/s1. The summed E-state index contributed by atoms with van der Waals surface area (Å²) in [6.07, 6.45) is 4.40. The fourth-order valence-electron chi connectivity index (χ4n) is 5.70. The van der Waals surface area contributed by atoms with Gasteiger partial charge in [-0.2, -0.15) is 0 Å². The minimum Gasteiger partial charge on any atom is -0.478 e. The van der Waals surface area contributed by atoms with Crippen molar-refractivity contribution in [3.8, 4) is 11.5 Å². The van der Waals surface area contributed by atoms with Gasteiger partial charge in [-0.3, -0.25) is 4.90 Å². The van der Waals surface area contributed by atoms with Gasteiger partial charge in [-0.25, -0.2) is 9.18 Å². The Hall–Kier alpha value is -3.47. The molecule has 2 aromatic carbocycles. The van der Waals surface area contributed by atoms with Gasteiger partial charge >= 0.3 is 5.97 Å². The van der Waals surface area contributed by atoms with E-state index in [9.17, 15) is 14.3 Å². The van der Waals surface area contributed by atoms with Gasteiger partial charge in [0.25, 0.3) is 5.79 Å². The lowest BCUT2D eigenvalue weighted by atomic mass is 9.88. The molecule has 2 fully saturated rings. The summed E-state index contributed by atoms with van der Waals surface area (Å²) in [4.78, 5) is 13.7. The van der Waals surface area contributed by atoms with Crippen LogP contribution in [0.2, 0.25) is 5.02 Å². The largest absolute Gasteiger partial charge is 0.478 e. The number of likely N-dealkylation sites (tertiary alicyclic amines) is 1. The maximum atomic E-state index is 14.8. The number of fused-ring (bicyclic) bond motifs is 1. The molecule has 41 heavy (non-hydrogen) atoms. The molecule has 6 rings (SSSR count). The van der Waals surface area contributed by atoms with Crippen molar-refractivity contribution >= 4 is 23.6 Å². The molecule has 216 valence electrons. The van der Waals surface area contributed by atoms with Gasteiger partial charge < -0.3 is 23.9 Å². The fraction of sp³-hybridized carbons (Fsp3) is 0.433. The van der Waals surface area contributed by atoms with Gasteiger partial charge in [0.1, 0.15) is 11.6 Å². The van der Waals surface area contributed by atoms with Crippen LogP contribution in [-0.4, -0.2) is 56.5 Å². The van der Waals surface area contributed by atoms with Crippen molar-refractivity contribution in [3.05, 3.63) is 75.6 Å². The number of carboxylic acids is 1. The van der Waals surface area contributed by atoms with Crippen molar-refractivity contribution in [2.75, 3.05) is 19.7 Å². The number of para-hydroxylation sites is 1. The highest BCUT2D eigenvalue weighted by molar-refractivity contribution is 6.30. The van der Waals surface area contributed by atoms with E-state index in [1.54, 1.807) is 32.1 Å². The van der Waals surface area contributed by atoms with Gasteiger partial charge in [-0.05, 0) is 75.5 Å². The number of hydrogen-bond acceptors (Lipinski definition) is 7. The number of carbonyl (C=O) groups is 1. The Morgan fingerprint density at radius 3 is 2.66 bits per heavy atom. The zero-order chi connectivity index (χ0) is 28.7. The van der Waals surface area contributed by atoms with Crippen LogP contribution in [0.1, 0.15) is 61.8 Å². The van der Waals surface area contributed by atoms with Crippen LogP contribution >= 0.6 is 11.6 Å². The van der Waals surface area contributed by atoms with E-state index in [-0.39, 0.29) is 17.6 Å². The predicted molar refractivity (Wildman–Crippen MR) is 149 cm³/mol. The van der Waals surface area contributed by atoms with Crippen LogP contribution in [0, 0.1) is 5.82 Å². The predicted octanol–water partition coefficient (Wildman–Crippen LogP) is 5.37. The quantitative estimate of drug-likeness (QED) is 0.354. The molecule has 0 amide bonds. The molecule has 1 unspecified atom stereocenters.